The number of nitrogens with one attached hydrogen (secondary N) is 1. The summed E-state index contributed by atoms with van der Waals surface area (Å²) in [5.74, 6) is 0.730. The van der Waals surface area contributed by atoms with E-state index in [0.717, 1.165) is 5.56 Å². The Bertz CT molecular complexity index is 1260. The second kappa shape index (κ2) is 8.31. The van der Waals surface area contributed by atoms with Gasteiger partial charge in [-0.05, 0) is 35.2 Å². The van der Waals surface area contributed by atoms with E-state index in [4.69, 9.17) is 9.47 Å². The molecule has 0 saturated heterocycles. The van der Waals surface area contributed by atoms with Crippen LogP contribution in [-0.2, 0) is 15.4 Å². The highest BCUT2D eigenvalue weighted by Gasteiger charge is 2.20. The summed E-state index contributed by atoms with van der Waals surface area (Å²) >= 11 is 0. The Kier molecular flexibility index (Phi) is 5.69. The zero-order chi connectivity index (χ0) is 22.9. The summed E-state index contributed by atoms with van der Waals surface area (Å²) in [7, 11) is -3.87. The average molecular weight is 452 g/mol. The largest absolute Gasteiger partial charge is 0.486 e. The topological polar surface area (TPSA) is 81.7 Å². The van der Waals surface area contributed by atoms with Crippen LogP contribution in [-0.4, -0.2) is 27.4 Å². The molecule has 166 valence electrons. The van der Waals surface area contributed by atoms with Crippen molar-refractivity contribution in [2.45, 2.75) is 31.1 Å². The molecule has 3 aromatic rings. The maximum Gasteiger partial charge on any atom is 0.262 e. The number of ketones is 1. The number of hydrogen-bond donors (Lipinski definition) is 1. The normalized spacial score (nSPS) is 13.5. The summed E-state index contributed by atoms with van der Waals surface area (Å²) in [4.78, 5) is 13.0. The average Bonchev–Trinajstić information content (AvgIpc) is 2.77. The van der Waals surface area contributed by atoms with Crippen LogP contribution in [0.15, 0.2) is 71.6 Å². The molecule has 7 heteroatoms. The van der Waals surface area contributed by atoms with Crippen molar-refractivity contribution in [2.24, 2.45) is 0 Å². The van der Waals surface area contributed by atoms with Crippen LogP contribution in [0.3, 0.4) is 0 Å². The summed E-state index contributed by atoms with van der Waals surface area (Å²) in [6, 6.07) is 18.4. The third-order valence-electron chi connectivity index (χ3n) is 5.21. The predicted octanol–water partition coefficient (Wildman–Crippen LogP) is 4.79. The summed E-state index contributed by atoms with van der Waals surface area (Å²) in [5, 5.41) is 0. The van der Waals surface area contributed by atoms with Gasteiger partial charge in [-0.3, -0.25) is 9.52 Å². The van der Waals surface area contributed by atoms with E-state index in [1.54, 1.807) is 36.4 Å². The fourth-order valence-corrected chi connectivity index (χ4v) is 4.48. The third kappa shape index (κ3) is 4.62. The van der Waals surface area contributed by atoms with Gasteiger partial charge in [-0.25, -0.2) is 8.42 Å². The summed E-state index contributed by atoms with van der Waals surface area (Å²) in [5.41, 5.74) is 2.38. The molecule has 0 fully saturated rings. The van der Waals surface area contributed by atoms with Crippen molar-refractivity contribution in [3.63, 3.8) is 0 Å². The van der Waals surface area contributed by atoms with Crippen LogP contribution in [0.5, 0.6) is 11.5 Å². The zero-order valence-corrected chi connectivity index (χ0v) is 19.0. The molecule has 0 unspecified atom stereocenters. The Morgan fingerprint density at radius 3 is 2.22 bits per heavy atom. The van der Waals surface area contributed by atoms with Crippen molar-refractivity contribution < 1.29 is 22.7 Å². The maximum absolute atomic E-state index is 12.9. The number of rotatable bonds is 5. The lowest BCUT2D eigenvalue weighted by Gasteiger charge is -2.19. The Balaban J connectivity index is 1.56. The van der Waals surface area contributed by atoms with Gasteiger partial charge in [-0.2, -0.15) is 0 Å². The molecule has 0 saturated carbocycles. The van der Waals surface area contributed by atoms with E-state index < -0.39 is 10.0 Å². The van der Waals surface area contributed by atoms with E-state index in [0.29, 0.717) is 41.5 Å². The van der Waals surface area contributed by atoms with Crippen molar-refractivity contribution >= 4 is 21.5 Å². The molecule has 32 heavy (non-hydrogen) atoms. The van der Waals surface area contributed by atoms with Gasteiger partial charge in [0, 0.05) is 22.9 Å². The number of fused-ring (bicyclic) bond motifs is 1. The first-order valence-corrected chi connectivity index (χ1v) is 11.8. The fourth-order valence-electron chi connectivity index (χ4n) is 3.42. The number of hydrogen-bond acceptors (Lipinski definition) is 5. The van der Waals surface area contributed by atoms with Crippen LogP contribution < -0.4 is 14.2 Å². The SMILES string of the molecule is CC(C)(C)c1ccc(C(=O)c2cccc(NS(=O)(=O)c3ccc4c(c3)OCCO4)c2)cc1. The van der Waals surface area contributed by atoms with Gasteiger partial charge in [0.1, 0.15) is 13.2 Å². The molecule has 0 spiro atoms. The number of benzene rings is 3. The van der Waals surface area contributed by atoms with Gasteiger partial charge in [-0.15, -0.1) is 0 Å². The second-order valence-electron chi connectivity index (χ2n) is 8.65. The molecular weight excluding hydrogens is 426 g/mol. The van der Waals surface area contributed by atoms with Crippen LogP contribution in [0.1, 0.15) is 42.3 Å². The highest BCUT2D eigenvalue weighted by Crippen LogP contribution is 2.33. The number of anilines is 1. The standard InChI is InChI=1S/C25H25NO5S/c1-25(2,3)19-9-7-17(8-10-19)24(27)18-5-4-6-20(15-18)26-32(28,29)21-11-12-22-23(16-21)31-14-13-30-22/h4-12,15-16,26H,13-14H2,1-3H3. The number of sulfonamides is 1. The molecule has 0 aromatic heterocycles. The highest BCUT2D eigenvalue weighted by atomic mass is 32.2. The molecule has 1 aliphatic heterocycles. The van der Waals surface area contributed by atoms with Crippen LogP contribution in [0.4, 0.5) is 5.69 Å². The molecule has 1 heterocycles. The first kappa shape index (κ1) is 21.9. The molecule has 0 radical (unpaired) electrons. The Labute approximate surface area is 188 Å². The molecule has 0 atom stereocenters. The summed E-state index contributed by atoms with van der Waals surface area (Å²) in [6.07, 6.45) is 0. The molecule has 0 bridgehead atoms. The highest BCUT2D eigenvalue weighted by molar-refractivity contribution is 7.92. The van der Waals surface area contributed by atoms with Crippen LogP contribution in [0, 0.1) is 0 Å². The molecule has 1 aliphatic rings. The van der Waals surface area contributed by atoms with Gasteiger partial charge >= 0.3 is 0 Å². The van der Waals surface area contributed by atoms with Crippen LogP contribution in [0.2, 0.25) is 0 Å². The lowest BCUT2D eigenvalue weighted by atomic mass is 9.86. The third-order valence-corrected chi connectivity index (χ3v) is 6.59. The van der Waals surface area contributed by atoms with Crippen molar-refractivity contribution in [3.05, 3.63) is 83.4 Å². The van der Waals surface area contributed by atoms with E-state index >= 15 is 0 Å². The summed E-state index contributed by atoms with van der Waals surface area (Å²) < 4.78 is 39.2. The quantitative estimate of drug-likeness (QED) is 0.564. The van der Waals surface area contributed by atoms with Crippen molar-refractivity contribution in [1.29, 1.82) is 0 Å². The van der Waals surface area contributed by atoms with Crippen LogP contribution in [0.25, 0.3) is 0 Å². The van der Waals surface area contributed by atoms with E-state index in [-0.39, 0.29) is 16.1 Å². The van der Waals surface area contributed by atoms with Crippen LogP contribution >= 0.6 is 0 Å². The second-order valence-corrected chi connectivity index (χ2v) is 10.3. The minimum atomic E-state index is -3.87. The Hall–Kier alpha value is -3.32. The Morgan fingerprint density at radius 1 is 0.844 bits per heavy atom. The predicted molar refractivity (Wildman–Crippen MR) is 123 cm³/mol. The molecule has 0 aliphatic carbocycles. The lowest BCUT2D eigenvalue weighted by Crippen LogP contribution is -2.17. The van der Waals surface area contributed by atoms with Gasteiger partial charge in [0.15, 0.2) is 17.3 Å². The number of carbonyl (C=O) groups is 1. The minimum absolute atomic E-state index is 0.00633. The van der Waals surface area contributed by atoms with E-state index in [1.807, 2.05) is 12.1 Å². The van der Waals surface area contributed by atoms with Crippen molar-refractivity contribution in [1.82, 2.24) is 0 Å². The molecule has 1 N–H and O–H groups in total. The molecule has 3 aromatic carbocycles. The molecule has 6 nitrogen and oxygen atoms in total. The van der Waals surface area contributed by atoms with Gasteiger partial charge in [0.2, 0.25) is 0 Å². The molecule has 4 rings (SSSR count). The smallest absolute Gasteiger partial charge is 0.262 e. The van der Waals surface area contributed by atoms with E-state index in [9.17, 15) is 13.2 Å². The molecular formula is C25H25NO5S. The van der Waals surface area contributed by atoms with Crippen molar-refractivity contribution in [3.8, 4) is 11.5 Å². The van der Waals surface area contributed by atoms with Gasteiger partial charge in [0.05, 0.1) is 4.90 Å². The van der Waals surface area contributed by atoms with E-state index in [2.05, 4.69) is 25.5 Å². The van der Waals surface area contributed by atoms with E-state index in [1.165, 1.54) is 18.2 Å². The lowest BCUT2D eigenvalue weighted by molar-refractivity contribution is 0.103. The number of ether oxygens (including phenoxy) is 2. The fraction of sp³-hybridized carbons (Fsp3) is 0.240. The van der Waals surface area contributed by atoms with Gasteiger partial charge < -0.3 is 9.47 Å². The summed E-state index contributed by atoms with van der Waals surface area (Å²) in [6.45, 7) is 7.13. The van der Waals surface area contributed by atoms with Gasteiger partial charge in [-0.1, -0.05) is 57.2 Å². The zero-order valence-electron chi connectivity index (χ0n) is 18.2. The molecule has 0 amide bonds. The number of carbonyl (C=O) groups excluding carboxylic acids is 1. The first-order chi connectivity index (χ1) is 15.1. The maximum atomic E-state index is 12.9. The first-order valence-electron chi connectivity index (χ1n) is 10.3. The minimum Gasteiger partial charge on any atom is -0.486 e. The van der Waals surface area contributed by atoms with Crippen molar-refractivity contribution in [2.75, 3.05) is 17.9 Å². The monoisotopic (exact) mass is 451 g/mol. The Morgan fingerprint density at radius 2 is 1.53 bits per heavy atom. The van der Waals surface area contributed by atoms with Gasteiger partial charge in [0.25, 0.3) is 10.0 Å².